The second-order valence-corrected chi connectivity index (χ2v) is 5.80. The maximum atomic E-state index is 3.66. The summed E-state index contributed by atoms with van der Waals surface area (Å²) >= 11 is 0. The van der Waals surface area contributed by atoms with Gasteiger partial charge in [0, 0.05) is 6.04 Å². The first kappa shape index (κ1) is 12.0. The summed E-state index contributed by atoms with van der Waals surface area (Å²) in [6.45, 7) is 10.6. The lowest BCUT2D eigenvalue weighted by Gasteiger charge is -2.26. The van der Waals surface area contributed by atoms with E-state index in [0.717, 1.165) is 12.0 Å². The summed E-state index contributed by atoms with van der Waals surface area (Å²) in [6, 6.07) is 0.804. The van der Waals surface area contributed by atoms with Crippen LogP contribution in [0.4, 0.5) is 0 Å². The Morgan fingerprint density at radius 3 is 2.71 bits per heavy atom. The van der Waals surface area contributed by atoms with Gasteiger partial charge in [-0.15, -0.1) is 0 Å². The lowest BCUT2D eigenvalue weighted by Crippen LogP contribution is -2.28. The van der Waals surface area contributed by atoms with Crippen LogP contribution in [0.2, 0.25) is 0 Å². The van der Waals surface area contributed by atoms with Crippen LogP contribution < -0.4 is 5.32 Å². The average molecular weight is 197 g/mol. The highest BCUT2D eigenvalue weighted by molar-refractivity contribution is 4.89. The summed E-state index contributed by atoms with van der Waals surface area (Å²) in [6.07, 6.45) is 6.87. The van der Waals surface area contributed by atoms with E-state index in [1.54, 1.807) is 0 Å². The van der Waals surface area contributed by atoms with Crippen molar-refractivity contribution in [1.29, 1.82) is 0 Å². The van der Waals surface area contributed by atoms with Gasteiger partial charge in [0.15, 0.2) is 0 Å². The van der Waals surface area contributed by atoms with E-state index in [0.29, 0.717) is 5.41 Å². The first-order chi connectivity index (χ1) is 6.56. The lowest BCUT2D eigenvalue weighted by atomic mass is 9.80. The Bertz CT molecular complexity index is 165. The van der Waals surface area contributed by atoms with Crippen LogP contribution in [0.1, 0.15) is 59.8 Å². The molecule has 0 aromatic heterocycles. The van der Waals surface area contributed by atoms with Crippen LogP contribution >= 0.6 is 0 Å². The van der Waals surface area contributed by atoms with E-state index < -0.39 is 0 Å². The molecule has 0 heterocycles. The van der Waals surface area contributed by atoms with Crippen LogP contribution in [0.5, 0.6) is 0 Å². The molecule has 1 rings (SSSR count). The standard InChI is InChI=1S/C13H27N/c1-5-8-14-12-6-7-13(4,10-12)9-11(2)3/h11-12,14H,5-10H2,1-4H3. The monoisotopic (exact) mass is 197 g/mol. The van der Waals surface area contributed by atoms with Gasteiger partial charge >= 0.3 is 0 Å². The van der Waals surface area contributed by atoms with Crippen molar-refractivity contribution in [3.05, 3.63) is 0 Å². The smallest absolute Gasteiger partial charge is 0.00724 e. The van der Waals surface area contributed by atoms with E-state index in [4.69, 9.17) is 0 Å². The Labute approximate surface area is 89.7 Å². The Morgan fingerprint density at radius 1 is 1.43 bits per heavy atom. The minimum Gasteiger partial charge on any atom is -0.314 e. The highest BCUT2D eigenvalue weighted by Gasteiger charge is 2.34. The predicted octanol–water partition coefficient (Wildman–Crippen LogP) is 3.59. The van der Waals surface area contributed by atoms with Crippen LogP contribution in [0, 0.1) is 11.3 Å². The largest absolute Gasteiger partial charge is 0.314 e. The SMILES string of the molecule is CCCNC1CCC(C)(CC(C)C)C1. The molecule has 0 aliphatic heterocycles. The third-order valence-electron chi connectivity index (χ3n) is 3.42. The zero-order valence-corrected chi connectivity index (χ0v) is 10.4. The van der Waals surface area contributed by atoms with Crippen LogP contribution in [-0.4, -0.2) is 12.6 Å². The topological polar surface area (TPSA) is 12.0 Å². The van der Waals surface area contributed by atoms with Gasteiger partial charge in [0.25, 0.3) is 0 Å². The molecule has 14 heavy (non-hydrogen) atoms. The van der Waals surface area contributed by atoms with Gasteiger partial charge in [-0.05, 0) is 50.0 Å². The first-order valence-electron chi connectivity index (χ1n) is 6.29. The fraction of sp³-hybridized carbons (Fsp3) is 1.00. The maximum absolute atomic E-state index is 3.66. The van der Waals surface area contributed by atoms with Crippen LogP contribution in [0.25, 0.3) is 0 Å². The van der Waals surface area contributed by atoms with Crippen molar-refractivity contribution in [2.75, 3.05) is 6.54 Å². The lowest BCUT2D eigenvalue weighted by molar-refractivity contribution is 0.258. The summed E-state index contributed by atoms with van der Waals surface area (Å²) in [7, 11) is 0. The second-order valence-electron chi connectivity index (χ2n) is 5.80. The van der Waals surface area contributed by atoms with Gasteiger partial charge in [0.2, 0.25) is 0 Å². The van der Waals surface area contributed by atoms with Gasteiger partial charge in [-0.3, -0.25) is 0 Å². The number of rotatable bonds is 5. The van der Waals surface area contributed by atoms with E-state index in [2.05, 4.69) is 33.0 Å². The van der Waals surface area contributed by atoms with E-state index >= 15 is 0 Å². The van der Waals surface area contributed by atoms with Gasteiger partial charge < -0.3 is 5.32 Å². The third kappa shape index (κ3) is 3.61. The van der Waals surface area contributed by atoms with E-state index in [9.17, 15) is 0 Å². The third-order valence-corrected chi connectivity index (χ3v) is 3.42. The molecular weight excluding hydrogens is 170 g/mol. The van der Waals surface area contributed by atoms with Crippen molar-refractivity contribution in [2.45, 2.75) is 65.8 Å². The number of hydrogen-bond acceptors (Lipinski definition) is 1. The molecule has 1 aliphatic rings. The quantitative estimate of drug-likeness (QED) is 0.710. The van der Waals surface area contributed by atoms with Gasteiger partial charge in [-0.2, -0.15) is 0 Å². The van der Waals surface area contributed by atoms with E-state index in [1.165, 1.54) is 38.6 Å². The van der Waals surface area contributed by atoms with Crippen molar-refractivity contribution in [1.82, 2.24) is 5.32 Å². The molecule has 0 amide bonds. The number of hydrogen-bond donors (Lipinski definition) is 1. The van der Waals surface area contributed by atoms with Crippen LogP contribution in [-0.2, 0) is 0 Å². The van der Waals surface area contributed by atoms with Gasteiger partial charge in [0.05, 0.1) is 0 Å². The molecule has 1 nitrogen and oxygen atoms in total. The maximum Gasteiger partial charge on any atom is 0.00724 e. The molecule has 0 radical (unpaired) electrons. The zero-order valence-electron chi connectivity index (χ0n) is 10.4. The minimum atomic E-state index is 0.625. The number of nitrogens with one attached hydrogen (secondary N) is 1. The normalized spacial score (nSPS) is 32.8. The summed E-state index contributed by atoms with van der Waals surface area (Å²) in [5.74, 6) is 0.852. The summed E-state index contributed by atoms with van der Waals surface area (Å²) in [5.41, 5.74) is 0.625. The second kappa shape index (κ2) is 5.16. The fourth-order valence-electron chi connectivity index (χ4n) is 3.02. The molecule has 0 bridgehead atoms. The molecule has 84 valence electrons. The molecule has 0 spiro atoms. The predicted molar refractivity (Wildman–Crippen MR) is 63.5 cm³/mol. The van der Waals surface area contributed by atoms with Crippen molar-refractivity contribution >= 4 is 0 Å². The van der Waals surface area contributed by atoms with E-state index in [1.807, 2.05) is 0 Å². The van der Waals surface area contributed by atoms with Crippen LogP contribution in [0.15, 0.2) is 0 Å². The van der Waals surface area contributed by atoms with Gasteiger partial charge in [0.1, 0.15) is 0 Å². The Kier molecular flexibility index (Phi) is 4.43. The molecule has 1 heteroatoms. The van der Waals surface area contributed by atoms with Crippen molar-refractivity contribution < 1.29 is 0 Å². The van der Waals surface area contributed by atoms with Gasteiger partial charge in [-0.1, -0.05) is 27.7 Å². The minimum absolute atomic E-state index is 0.625. The van der Waals surface area contributed by atoms with Gasteiger partial charge in [-0.25, -0.2) is 0 Å². The summed E-state index contributed by atoms with van der Waals surface area (Å²) < 4.78 is 0. The Morgan fingerprint density at radius 2 is 2.14 bits per heavy atom. The molecule has 1 N–H and O–H groups in total. The first-order valence-corrected chi connectivity index (χ1v) is 6.29. The molecule has 2 atom stereocenters. The van der Waals surface area contributed by atoms with Crippen LogP contribution in [0.3, 0.4) is 0 Å². The molecule has 1 saturated carbocycles. The summed E-state index contributed by atoms with van der Waals surface area (Å²) in [5, 5.41) is 3.66. The highest BCUT2D eigenvalue weighted by atomic mass is 14.9. The average Bonchev–Trinajstić information content (AvgIpc) is 2.42. The molecular formula is C13H27N. The zero-order chi connectivity index (χ0) is 10.6. The molecule has 1 fully saturated rings. The van der Waals surface area contributed by atoms with Crippen molar-refractivity contribution in [2.24, 2.45) is 11.3 Å². The highest BCUT2D eigenvalue weighted by Crippen LogP contribution is 2.42. The van der Waals surface area contributed by atoms with Crippen molar-refractivity contribution in [3.63, 3.8) is 0 Å². The summed E-state index contributed by atoms with van der Waals surface area (Å²) in [4.78, 5) is 0. The fourth-order valence-corrected chi connectivity index (χ4v) is 3.02. The molecule has 0 saturated heterocycles. The van der Waals surface area contributed by atoms with E-state index in [-0.39, 0.29) is 0 Å². The molecule has 0 aromatic rings. The molecule has 1 aliphatic carbocycles. The molecule has 2 unspecified atom stereocenters. The molecule has 0 aromatic carbocycles. The Balaban J connectivity index is 2.31. The van der Waals surface area contributed by atoms with Crippen molar-refractivity contribution in [3.8, 4) is 0 Å². The Hall–Kier alpha value is -0.0400.